The number of amides is 4. The monoisotopic (exact) mass is 358 g/mol. The summed E-state index contributed by atoms with van der Waals surface area (Å²) in [7, 11) is 0. The predicted molar refractivity (Wildman–Crippen MR) is 97.2 cm³/mol. The molecule has 0 aliphatic carbocycles. The first-order chi connectivity index (χ1) is 12.4. The Morgan fingerprint density at radius 3 is 2.58 bits per heavy atom. The highest BCUT2D eigenvalue weighted by Crippen LogP contribution is 2.20. The Balaban J connectivity index is 1.61. The van der Waals surface area contributed by atoms with Crippen molar-refractivity contribution in [1.82, 2.24) is 14.7 Å². The molecule has 26 heavy (non-hydrogen) atoms. The van der Waals surface area contributed by atoms with E-state index in [0.29, 0.717) is 32.6 Å². The second-order valence-corrected chi connectivity index (χ2v) is 7.18. The van der Waals surface area contributed by atoms with Gasteiger partial charge in [-0.25, -0.2) is 4.79 Å². The molecule has 7 nitrogen and oxygen atoms in total. The SMILES string of the molecule is Cc1ccc(CN2CCN(C(=O)[C@@H]3CCCN3C(N)=O)CC2=O)cc1C. The van der Waals surface area contributed by atoms with Crippen molar-refractivity contribution in [3.8, 4) is 0 Å². The maximum absolute atomic E-state index is 12.7. The number of carbonyl (C=O) groups excluding carboxylic acids is 3. The van der Waals surface area contributed by atoms with Crippen LogP contribution >= 0.6 is 0 Å². The van der Waals surface area contributed by atoms with Gasteiger partial charge in [0.2, 0.25) is 11.8 Å². The van der Waals surface area contributed by atoms with Gasteiger partial charge in [0.1, 0.15) is 6.04 Å². The van der Waals surface area contributed by atoms with Crippen molar-refractivity contribution < 1.29 is 14.4 Å². The molecule has 7 heteroatoms. The van der Waals surface area contributed by atoms with Gasteiger partial charge in [-0.2, -0.15) is 0 Å². The fourth-order valence-electron chi connectivity index (χ4n) is 3.68. The Hall–Kier alpha value is -2.57. The first-order valence-corrected chi connectivity index (χ1v) is 9.05. The van der Waals surface area contributed by atoms with Crippen LogP contribution in [0, 0.1) is 13.8 Å². The molecule has 1 aromatic carbocycles. The Morgan fingerprint density at radius 2 is 1.92 bits per heavy atom. The molecule has 0 spiro atoms. The molecule has 0 saturated carbocycles. The van der Waals surface area contributed by atoms with Gasteiger partial charge >= 0.3 is 6.03 Å². The largest absolute Gasteiger partial charge is 0.351 e. The summed E-state index contributed by atoms with van der Waals surface area (Å²) in [4.78, 5) is 41.5. The molecule has 1 atom stereocenters. The molecule has 1 aromatic rings. The Labute approximate surface area is 153 Å². The predicted octanol–water partition coefficient (Wildman–Crippen LogP) is 1.02. The minimum Gasteiger partial charge on any atom is -0.351 e. The number of urea groups is 1. The summed E-state index contributed by atoms with van der Waals surface area (Å²) in [6.45, 7) is 6.23. The molecule has 2 aliphatic rings. The minimum absolute atomic E-state index is 0.0623. The zero-order valence-electron chi connectivity index (χ0n) is 15.4. The molecule has 2 heterocycles. The molecule has 2 fully saturated rings. The number of piperazine rings is 1. The lowest BCUT2D eigenvalue weighted by Crippen LogP contribution is -2.56. The Kier molecular flexibility index (Phi) is 5.15. The quantitative estimate of drug-likeness (QED) is 0.875. The highest BCUT2D eigenvalue weighted by atomic mass is 16.2. The first-order valence-electron chi connectivity index (χ1n) is 9.05. The van der Waals surface area contributed by atoms with E-state index < -0.39 is 12.1 Å². The average Bonchev–Trinajstić information content (AvgIpc) is 3.09. The molecule has 0 unspecified atom stereocenters. The van der Waals surface area contributed by atoms with Gasteiger partial charge in [-0.1, -0.05) is 18.2 Å². The topological polar surface area (TPSA) is 86.9 Å². The summed E-state index contributed by atoms with van der Waals surface area (Å²) in [6.07, 6.45) is 1.37. The molecule has 4 amide bonds. The van der Waals surface area contributed by atoms with Crippen LogP contribution < -0.4 is 5.73 Å². The van der Waals surface area contributed by atoms with Gasteiger partial charge in [-0.05, 0) is 43.4 Å². The maximum Gasteiger partial charge on any atom is 0.315 e. The van der Waals surface area contributed by atoms with Gasteiger partial charge in [0, 0.05) is 26.2 Å². The minimum atomic E-state index is -0.569. The lowest BCUT2D eigenvalue weighted by atomic mass is 10.1. The average molecular weight is 358 g/mol. The Bertz CT molecular complexity index is 733. The molecule has 3 rings (SSSR count). The number of aryl methyl sites for hydroxylation is 2. The molecular formula is C19H26N4O3. The molecule has 2 saturated heterocycles. The van der Waals surface area contributed by atoms with Crippen molar-refractivity contribution in [2.75, 3.05) is 26.2 Å². The van der Waals surface area contributed by atoms with Crippen LogP contribution in [0.1, 0.15) is 29.5 Å². The van der Waals surface area contributed by atoms with Crippen LogP contribution in [-0.2, 0) is 16.1 Å². The summed E-state index contributed by atoms with van der Waals surface area (Å²) in [5.41, 5.74) is 8.88. The lowest BCUT2D eigenvalue weighted by Gasteiger charge is -2.36. The van der Waals surface area contributed by atoms with E-state index in [-0.39, 0.29) is 18.4 Å². The first kappa shape index (κ1) is 18.2. The number of nitrogens with two attached hydrogens (primary N) is 1. The van der Waals surface area contributed by atoms with Gasteiger partial charge in [0.05, 0.1) is 6.54 Å². The molecule has 2 N–H and O–H groups in total. The van der Waals surface area contributed by atoms with Gasteiger partial charge in [-0.15, -0.1) is 0 Å². The number of hydrogen-bond acceptors (Lipinski definition) is 3. The molecule has 2 aliphatic heterocycles. The fourth-order valence-corrected chi connectivity index (χ4v) is 3.68. The summed E-state index contributed by atoms with van der Waals surface area (Å²) in [5, 5.41) is 0. The van der Waals surface area contributed by atoms with E-state index >= 15 is 0 Å². The van der Waals surface area contributed by atoms with Crippen LogP contribution in [0.4, 0.5) is 4.79 Å². The summed E-state index contributed by atoms with van der Waals surface area (Å²) < 4.78 is 0. The van der Waals surface area contributed by atoms with Gasteiger partial charge in [0.25, 0.3) is 0 Å². The van der Waals surface area contributed by atoms with Crippen LogP contribution in [0.3, 0.4) is 0 Å². The van der Waals surface area contributed by atoms with E-state index in [1.807, 2.05) is 6.07 Å². The van der Waals surface area contributed by atoms with E-state index in [2.05, 4.69) is 26.0 Å². The second kappa shape index (κ2) is 7.35. The number of nitrogens with zero attached hydrogens (tertiary/aromatic N) is 3. The van der Waals surface area contributed by atoms with E-state index in [1.54, 1.807) is 9.80 Å². The van der Waals surface area contributed by atoms with E-state index in [9.17, 15) is 14.4 Å². The summed E-state index contributed by atoms with van der Waals surface area (Å²) in [6, 6.07) is 5.11. The van der Waals surface area contributed by atoms with E-state index in [0.717, 1.165) is 12.0 Å². The standard InChI is InChI=1S/C19H26N4O3/c1-13-5-6-15(10-14(13)2)11-21-8-9-22(12-17(21)24)18(25)16-4-3-7-23(16)19(20)26/h5-6,10,16H,3-4,7-9,11-12H2,1-2H3,(H2,20,26)/t16-/m0/s1. The van der Waals surface area contributed by atoms with E-state index in [4.69, 9.17) is 5.73 Å². The van der Waals surface area contributed by atoms with Gasteiger partial charge < -0.3 is 20.4 Å². The number of likely N-dealkylation sites (tertiary alicyclic amines) is 1. The molecule has 0 aromatic heterocycles. The second-order valence-electron chi connectivity index (χ2n) is 7.18. The van der Waals surface area contributed by atoms with Crippen LogP contribution in [0.2, 0.25) is 0 Å². The van der Waals surface area contributed by atoms with Crippen LogP contribution in [0.15, 0.2) is 18.2 Å². The normalized spacial score (nSPS) is 20.6. The zero-order valence-corrected chi connectivity index (χ0v) is 15.4. The number of hydrogen-bond donors (Lipinski definition) is 1. The van der Waals surface area contributed by atoms with Gasteiger partial charge in [0.15, 0.2) is 0 Å². The highest BCUT2D eigenvalue weighted by molar-refractivity contribution is 5.91. The number of benzene rings is 1. The molecule has 0 radical (unpaired) electrons. The number of rotatable bonds is 3. The van der Waals surface area contributed by atoms with Crippen molar-refractivity contribution in [2.45, 2.75) is 39.3 Å². The molecule has 140 valence electrons. The fraction of sp³-hybridized carbons (Fsp3) is 0.526. The summed E-state index contributed by atoms with van der Waals surface area (Å²) >= 11 is 0. The third kappa shape index (κ3) is 3.66. The number of primary amides is 1. The zero-order chi connectivity index (χ0) is 18.8. The Morgan fingerprint density at radius 1 is 1.15 bits per heavy atom. The van der Waals surface area contributed by atoms with E-state index in [1.165, 1.54) is 16.0 Å². The van der Waals surface area contributed by atoms with Crippen LogP contribution in [-0.4, -0.2) is 64.8 Å². The third-order valence-corrected chi connectivity index (χ3v) is 5.40. The van der Waals surface area contributed by atoms with Crippen molar-refractivity contribution >= 4 is 17.8 Å². The van der Waals surface area contributed by atoms with Crippen molar-refractivity contribution in [1.29, 1.82) is 0 Å². The summed E-state index contributed by atoms with van der Waals surface area (Å²) in [5.74, 6) is -0.230. The van der Waals surface area contributed by atoms with Crippen LogP contribution in [0.5, 0.6) is 0 Å². The number of carbonyl (C=O) groups is 3. The maximum atomic E-state index is 12.7. The third-order valence-electron chi connectivity index (χ3n) is 5.40. The highest BCUT2D eigenvalue weighted by Gasteiger charge is 2.38. The molecule has 0 bridgehead atoms. The molecular weight excluding hydrogens is 332 g/mol. The van der Waals surface area contributed by atoms with Gasteiger partial charge in [-0.3, -0.25) is 9.59 Å². The smallest absolute Gasteiger partial charge is 0.315 e. The van der Waals surface area contributed by atoms with Crippen molar-refractivity contribution in [3.05, 3.63) is 34.9 Å². The lowest BCUT2D eigenvalue weighted by molar-refractivity contribution is -0.147. The van der Waals surface area contributed by atoms with Crippen molar-refractivity contribution in [2.24, 2.45) is 5.73 Å². The van der Waals surface area contributed by atoms with Crippen LogP contribution in [0.25, 0.3) is 0 Å². The van der Waals surface area contributed by atoms with Crippen molar-refractivity contribution in [3.63, 3.8) is 0 Å².